The number of nitrogens with one attached hydrogen (secondary N) is 1. The van der Waals surface area contributed by atoms with E-state index in [4.69, 9.17) is 10.5 Å². The van der Waals surface area contributed by atoms with Gasteiger partial charge in [0.2, 0.25) is 0 Å². The number of carbonyl (C=O) groups is 1. The monoisotopic (exact) mass is 260 g/mol. The average molecular weight is 260 g/mol. The van der Waals surface area contributed by atoms with Crippen LogP contribution in [0.3, 0.4) is 0 Å². The van der Waals surface area contributed by atoms with Crippen LogP contribution in [0.5, 0.6) is 0 Å². The number of carbonyl (C=O) groups excluding carboxylic acids is 1. The predicted molar refractivity (Wildman–Crippen MR) is 71.6 cm³/mol. The van der Waals surface area contributed by atoms with Crippen LogP contribution in [0.2, 0.25) is 0 Å². The zero-order chi connectivity index (χ0) is 12.8. The summed E-state index contributed by atoms with van der Waals surface area (Å²) in [5.41, 5.74) is 5.76. The molecule has 1 aliphatic rings. The number of hydrogen-bond donors (Lipinski definition) is 2. The summed E-state index contributed by atoms with van der Waals surface area (Å²) in [4.78, 5) is 11.7. The van der Waals surface area contributed by atoms with Crippen LogP contribution in [-0.2, 0) is 9.53 Å². The molecule has 0 saturated heterocycles. The second-order valence-electron chi connectivity index (χ2n) is 5.00. The summed E-state index contributed by atoms with van der Waals surface area (Å²) in [6.45, 7) is 3.87. The largest absolute Gasteiger partial charge is 0.461 e. The molecule has 1 saturated carbocycles. The van der Waals surface area contributed by atoms with Gasteiger partial charge in [-0.1, -0.05) is 25.8 Å². The molecule has 0 aromatic rings. The normalized spacial score (nSPS) is 26.9. The summed E-state index contributed by atoms with van der Waals surface area (Å²) in [5, 5.41) is 0. The highest BCUT2D eigenvalue weighted by molar-refractivity contribution is 7.96. The Labute approximate surface area is 108 Å². The van der Waals surface area contributed by atoms with Gasteiger partial charge in [-0.2, -0.15) is 0 Å². The molecular weight excluding hydrogens is 236 g/mol. The van der Waals surface area contributed by atoms with Gasteiger partial charge < -0.3 is 10.5 Å². The van der Waals surface area contributed by atoms with Crippen LogP contribution in [0.25, 0.3) is 0 Å². The van der Waals surface area contributed by atoms with E-state index in [2.05, 4.69) is 4.72 Å². The number of esters is 1. The van der Waals surface area contributed by atoms with Crippen molar-refractivity contribution in [2.45, 2.75) is 57.7 Å². The molecule has 0 bridgehead atoms. The highest BCUT2D eigenvalue weighted by Crippen LogP contribution is 2.22. The Bertz CT molecular complexity index is 241. The smallest absolute Gasteiger partial charge is 0.323 e. The van der Waals surface area contributed by atoms with Crippen LogP contribution < -0.4 is 10.5 Å². The molecule has 0 heterocycles. The van der Waals surface area contributed by atoms with E-state index >= 15 is 0 Å². The van der Waals surface area contributed by atoms with Crippen LogP contribution in [-0.4, -0.2) is 30.4 Å². The minimum absolute atomic E-state index is 0.0622. The fourth-order valence-electron chi connectivity index (χ4n) is 1.98. The molecule has 1 atom stereocenters. The summed E-state index contributed by atoms with van der Waals surface area (Å²) >= 11 is 1.65. The second-order valence-corrected chi connectivity index (χ2v) is 5.65. The molecule has 0 aromatic heterocycles. The maximum absolute atomic E-state index is 11.7. The molecule has 1 fully saturated rings. The number of hydrogen-bond acceptors (Lipinski definition) is 5. The molecule has 17 heavy (non-hydrogen) atoms. The Balaban J connectivity index is 2.28. The fourth-order valence-corrected chi connectivity index (χ4v) is 2.55. The first-order valence-corrected chi connectivity index (χ1v) is 7.51. The Hall–Kier alpha value is -0.260. The highest BCUT2D eigenvalue weighted by atomic mass is 32.2. The van der Waals surface area contributed by atoms with Crippen LogP contribution in [0.15, 0.2) is 0 Å². The standard InChI is InChI=1S/C12H24N2O2S/c1-8(2)11(13)12(15)16-10-6-4-9(5-7-10)14-17-3/h8-11,14H,4-7,13H2,1-3H3. The van der Waals surface area contributed by atoms with Crippen molar-refractivity contribution in [1.82, 2.24) is 4.72 Å². The van der Waals surface area contributed by atoms with Crippen LogP contribution in [0.4, 0.5) is 0 Å². The van der Waals surface area contributed by atoms with E-state index in [1.807, 2.05) is 20.1 Å². The van der Waals surface area contributed by atoms with Crippen molar-refractivity contribution in [1.29, 1.82) is 0 Å². The summed E-state index contributed by atoms with van der Waals surface area (Å²) < 4.78 is 8.79. The highest BCUT2D eigenvalue weighted by Gasteiger charge is 2.26. The maximum atomic E-state index is 11.7. The maximum Gasteiger partial charge on any atom is 0.323 e. The topological polar surface area (TPSA) is 64.3 Å². The molecule has 1 aliphatic carbocycles. The number of nitrogens with two attached hydrogens (primary N) is 1. The summed E-state index contributed by atoms with van der Waals surface area (Å²) in [5.74, 6) is -0.113. The van der Waals surface area contributed by atoms with Gasteiger partial charge in [-0.15, -0.1) is 0 Å². The summed E-state index contributed by atoms with van der Waals surface area (Å²) in [7, 11) is 0. The van der Waals surface area contributed by atoms with Gasteiger partial charge in [-0.25, -0.2) is 0 Å². The van der Waals surface area contributed by atoms with Crippen molar-refractivity contribution >= 4 is 17.9 Å². The van der Waals surface area contributed by atoms with E-state index in [1.165, 1.54) is 0 Å². The summed E-state index contributed by atoms with van der Waals surface area (Å²) in [6.07, 6.45) is 6.11. The molecule has 4 nitrogen and oxygen atoms in total. The molecular formula is C12H24N2O2S. The molecule has 0 aliphatic heterocycles. The predicted octanol–water partition coefficient (Wildman–Crippen LogP) is 1.69. The van der Waals surface area contributed by atoms with E-state index in [0.717, 1.165) is 25.7 Å². The number of rotatable bonds is 5. The molecule has 5 heteroatoms. The molecule has 1 unspecified atom stereocenters. The van der Waals surface area contributed by atoms with Gasteiger partial charge in [0.25, 0.3) is 0 Å². The van der Waals surface area contributed by atoms with Crippen LogP contribution in [0, 0.1) is 5.92 Å². The van der Waals surface area contributed by atoms with E-state index in [0.29, 0.717) is 6.04 Å². The van der Waals surface area contributed by atoms with Crippen LogP contribution in [0.1, 0.15) is 39.5 Å². The van der Waals surface area contributed by atoms with E-state index in [-0.39, 0.29) is 18.0 Å². The third-order valence-corrected chi connectivity index (χ3v) is 3.80. The quantitative estimate of drug-likeness (QED) is 0.582. The van der Waals surface area contributed by atoms with Gasteiger partial charge in [0.05, 0.1) is 0 Å². The van der Waals surface area contributed by atoms with Gasteiger partial charge in [0, 0.05) is 6.04 Å². The van der Waals surface area contributed by atoms with Gasteiger partial charge in [-0.3, -0.25) is 9.52 Å². The Morgan fingerprint density at radius 1 is 1.35 bits per heavy atom. The van der Waals surface area contributed by atoms with Crippen molar-refractivity contribution in [3.05, 3.63) is 0 Å². The van der Waals surface area contributed by atoms with Crippen molar-refractivity contribution < 1.29 is 9.53 Å². The molecule has 100 valence electrons. The van der Waals surface area contributed by atoms with Gasteiger partial charge in [0.1, 0.15) is 12.1 Å². The van der Waals surface area contributed by atoms with Gasteiger partial charge in [0.15, 0.2) is 0 Å². The van der Waals surface area contributed by atoms with E-state index in [9.17, 15) is 4.79 Å². The van der Waals surface area contributed by atoms with E-state index in [1.54, 1.807) is 11.9 Å². The molecule has 0 aromatic carbocycles. The summed E-state index contributed by atoms with van der Waals surface area (Å²) in [6, 6.07) is 0.0655. The third kappa shape index (κ3) is 4.85. The lowest BCUT2D eigenvalue weighted by molar-refractivity contribution is -0.153. The zero-order valence-corrected chi connectivity index (χ0v) is 11.8. The lowest BCUT2D eigenvalue weighted by Gasteiger charge is -2.29. The van der Waals surface area contributed by atoms with E-state index < -0.39 is 6.04 Å². The minimum atomic E-state index is -0.489. The minimum Gasteiger partial charge on any atom is -0.461 e. The van der Waals surface area contributed by atoms with Gasteiger partial charge >= 0.3 is 5.97 Å². The lowest BCUT2D eigenvalue weighted by atomic mass is 9.93. The average Bonchev–Trinajstić information content (AvgIpc) is 2.30. The first kappa shape index (κ1) is 14.8. The van der Waals surface area contributed by atoms with Crippen molar-refractivity contribution in [2.24, 2.45) is 11.7 Å². The Kier molecular flexibility index (Phi) is 6.30. The number of ether oxygens (including phenoxy) is 1. The first-order valence-electron chi connectivity index (χ1n) is 6.29. The first-order chi connectivity index (χ1) is 8.04. The van der Waals surface area contributed by atoms with Crippen molar-refractivity contribution in [3.63, 3.8) is 0 Å². The van der Waals surface area contributed by atoms with Gasteiger partial charge in [-0.05, 0) is 37.9 Å². The SMILES string of the molecule is CSNC1CCC(OC(=O)C(N)C(C)C)CC1. The molecule has 3 N–H and O–H groups in total. The Morgan fingerprint density at radius 3 is 2.41 bits per heavy atom. The molecule has 1 rings (SSSR count). The lowest BCUT2D eigenvalue weighted by Crippen LogP contribution is -2.40. The molecule has 0 spiro atoms. The molecule has 0 amide bonds. The molecule has 0 radical (unpaired) electrons. The van der Waals surface area contributed by atoms with Crippen molar-refractivity contribution in [3.8, 4) is 0 Å². The second kappa shape index (κ2) is 7.24. The van der Waals surface area contributed by atoms with Crippen molar-refractivity contribution in [2.75, 3.05) is 6.26 Å². The fraction of sp³-hybridized carbons (Fsp3) is 0.917. The zero-order valence-electron chi connectivity index (χ0n) is 10.9. The van der Waals surface area contributed by atoms with Crippen LogP contribution >= 0.6 is 11.9 Å². The third-order valence-electron chi connectivity index (χ3n) is 3.23. The Morgan fingerprint density at radius 2 is 1.94 bits per heavy atom.